The molecule has 220 valence electrons. The van der Waals surface area contributed by atoms with Gasteiger partial charge in [0.05, 0.1) is 11.9 Å². The first-order valence-electron chi connectivity index (χ1n) is 13.1. The van der Waals surface area contributed by atoms with Crippen LogP contribution in [0, 0.1) is 6.92 Å². The number of benzene rings is 3. The molecule has 41 heavy (non-hydrogen) atoms. The summed E-state index contributed by atoms with van der Waals surface area (Å²) in [5.41, 5.74) is 2.16. The zero-order valence-electron chi connectivity index (χ0n) is 23.4. The Hall–Kier alpha value is -2.78. The summed E-state index contributed by atoms with van der Waals surface area (Å²) in [5.74, 6) is -0.976. The van der Waals surface area contributed by atoms with Gasteiger partial charge in [-0.05, 0) is 55.7 Å². The van der Waals surface area contributed by atoms with E-state index in [2.05, 4.69) is 5.32 Å². The van der Waals surface area contributed by atoms with E-state index in [9.17, 15) is 18.0 Å². The average Bonchev–Trinajstić information content (AvgIpc) is 2.91. The molecule has 0 saturated heterocycles. The van der Waals surface area contributed by atoms with Crippen molar-refractivity contribution in [3.05, 3.63) is 98.5 Å². The van der Waals surface area contributed by atoms with Crippen molar-refractivity contribution in [2.75, 3.05) is 17.1 Å². The van der Waals surface area contributed by atoms with E-state index in [4.69, 9.17) is 34.8 Å². The van der Waals surface area contributed by atoms with Gasteiger partial charge in [-0.3, -0.25) is 13.9 Å². The number of amides is 2. The van der Waals surface area contributed by atoms with Gasteiger partial charge in [-0.15, -0.1) is 0 Å². The standard InChI is InChI=1S/C30H34Cl3N3O4S/c1-5-21(3)34-30(38)28(16-22-10-7-6-8-11-22)35(18-24-25(32)12-9-13-26(24)33)29(37)19-36(41(4,39)40)27-17-23(31)15-14-20(27)2/h6-15,17,21,28H,5,16,18-19H2,1-4H3,(H,34,38)/t21-,28-/m0/s1. The Kier molecular flexibility index (Phi) is 11.5. The van der Waals surface area contributed by atoms with Crippen LogP contribution in [-0.2, 0) is 32.6 Å². The van der Waals surface area contributed by atoms with E-state index in [1.54, 1.807) is 37.3 Å². The van der Waals surface area contributed by atoms with E-state index < -0.39 is 28.5 Å². The number of aryl methyl sites for hydroxylation is 1. The maximum atomic E-state index is 14.2. The molecule has 3 aromatic rings. The minimum atomic E-state index is -3.93. The van der Waals surface area contributed by atoms with Crippen LogP contribution in [0.4, 0.5) is 5.69 Å². The fourth-order valence-electron chi connectivity index (χ4n) is 4.29. The number of sulfonamides is 1. The van der Waals surface area contributed by atoms with Crippen LogP contribution >= 0.6 is 34.8 Å². The molecule has 0 fully saturated rings. The lowest BCUT2D eigenvalue weighted by Gasteiger charge is -2.34. The number of hydrogen-bond donors (Lipinski definition) is 1. The Bertz CT molecular complexity index is 1470. The highest BCUT2D eigenvalue weighted by Gasteiger charge is 2.34. The van der Waals surface area contributed by atoms with E-state index in [-0.39, 0.29) is 30.6 Å². The maximum absolute atomic E-state index is 14.2. The highest BCUT2D eigenvalue weighted by Crippen LogP contribution is 2.29. The summed E-state index contributed by atoms with van der Waals surface area (Å²) < 4.78 is 27.0. The molecule has 1 N–H and O–H groups in total. The summed E-state index contributed by atoms with van der Waals surface area (Å²) >= 11 is 19.2. The van der Waals surface area contributed by atoms with E-state index in [1.165, 1.54) is 11.0 Å². The van der Waals surface area contributed by atoms with Crippen LogP contribution in [0.1, 0.15) is 37.0 Å². The molecule has 0 aliphatic carbocycles. The molecule has 0 radical (unpaired) electrons. The molecule has 0 heterocycles. The van der Waals surface area contributed by atoms with Crippen molar-refractivity contribution < 1.29 is 18.0 Å². The van der Waals surface area contributed by atoms with Gasteiger partial charge < -0.3 is 10.2 Å². The van der Waals surface area contributed by atoms with Crippen molar-refractivity contribution >= 4 is 62.3 Å². The summed E-state index contributed by atoms with van der Waals surface area (Å²) in [4.78, 5) is 29.3. The van der Waals surface area contributed by atoms with Gasteiger partial charge in [0.1, 0.15) is 12.6 Å². The molecule has 0 aliphatic heterocycles. The van der Waals surface area contributed by atoms with Crippen LogP contribution in [-0.4, -0.2) is 50.0 Å². The topological polar surface area (TPSA) is 86.8 Å². The third kappa shape index (κ3) is 8.85. The number of nitrogens with one attached hydrogen (secondary N) is 1. The fraction of sp³-hybridized carbons (Fsp3) is 0.333. The highest BCUT2D eigenvalue weighted by atomic mass is 35.5. The lowest BCUT2D eigenvalue weighted by atomic mass is 10.0. The molecule has 0 saturated carbocycles. The SMILES string of the molecule is CC[C@H](C)NC(=O)[C@H](Cc1ccccc1)N(Cc1c(Cl)cccc1Cl)C(=O)CN(c1cc(Cl)ccc1C)S(C)(=O)=O. The molecule has 2 amide bonds. The lowest BCUT2D eigenvalue weighted by Crippen LogP contribution is -2.54. The predicted octanol–water partition coefficient (Wildman–Crippen LogP) is 6.28. The minimum absolute atomic E-state index is 0.116. The summed E-state index contributed by atoms with van der Waals surface area (Å²) in [6, 6.07) is 18.0. The van der Waals surface area contributed by atoms with Crippen molar-refractivity contribution in [2.24, 2.45) is 0 Å². The van der Waals surface area contributed by atoms with Gasteiger partial charge in [0, 0.05) is 39.6 Å². The smallest absolute Gasteiger partial charge is 0.244 e. The first kappa shape index (κ1) is 32.7. The number of anilines is 1. The molecule has 3 rings (SSSR count). The van der Waals surface area contributed by atoms with Crippen molar-refractivity contribution in [3.8, 4) is 0 Å². The van der Waals surface area contributed by atoms with Crippen molar-refractivity contribution in [1.29, 1.82) is 0 Å². The first-order chi connectivity index (χ1) is 19.3. The van der Waals surface area contributed by atoms with Crippen LogP contribution in [0.5, 0.6) is 0 Å². The van der Waals surface area contributed by atoms with Crippen LogP contribution in [0.2, 0.25) is 15.1 Å². The first-order valence-corrected chi connectivity index (χ1v) is 16.1. The fourth-order valence-corrected chi connectivity index (χ4v) is 5.88. The number of carbonyl (C=O) groups is 2. The molecule has 11 heteroatoms. The summed E-state index contributed by atoms with van der Waals surface area (Å²) in [7, 11) is -3.93. The molecule has 2 atom stereocenters. The number of nitrogens with zero attached hydrogens (tertiary/aromatic N) is 2. The van der Waals surface area contributed by atoms with Crippen molar-refractivity contribution in [3.63, 3.8) is 0 Å². The van der Waals surface area contributed by atoms with Gasteiger partial charge in [0.2, 0.25) is 21.8 Å². The minimum Gasteiger partial charge on any atom is -0.352 e. The summed E-state index contributed by atoms with van der Waals surface area (Å²) in [6.45, 7) is 4.87. The average molecular weight is 639 g/mol. The number of rotatable bonds is 12. The van der Waals surface area contributed by atoms with Crippen LogP contribution < -0.4 is 9.62 Å². The zero-order valence-corrected chi connectivity index (χ0v) is 26.5. The Morgan fingerprint density at radius 3 is 2.17 bits per heavy atom. The monoisotopic (exact) mass is 637 g/mol. The molecule has 0 aliphatic rings. The van der Waals surface area contributed by atoms with Crippen molar-refractivity contribution in [2.45, 2.75) is 52.2 Å². The molecule has 0 unspecified atom stereocenters. The van der Waals surface area contributed by atoms with E-state index >= 15 is 0 Å². The third-order valence-corrected chi connectivity index (χ3v) is 8.85. The number of halogens is 3. The third-order valence-electron chi connectivity index (χ3n) is 6.78. The molecule has 7 nitrogen and oxygen atoms in total. The molecule has 0 bridgehead atoms. The summed E-state index contributed by atoms with van der Waals surface area (Å²) in [6.07, 6.45) is 1.89. The van der Waals surface area contributed by atoms with Crippen LogP contribution in [0.25, 0.3) is 0 Å². The lowest BCUT2D eigenvalue weighted by molar-refractivity contribution is -0.140. The summed E-state index contributed by atoms with van der Waals surface area (Å²) in [5, 5.41) is 3.95. The Labute approximate surface area is 257 Å². The second-order valence-corrected chi connectivity index (χ2v) is 13.1. The maximum Gasteiger partial charge on any atom is 0.244 e. The Balaban J connectivity index is 2.13. The van der Waals surface area contributed by atoms with Gasteiger partial charge in [-0.2, -0.15) is 0 Å². The van der Waals surface area contributed by atoms with Gasteiger partial charge in [-0.1, -0.05) is 84.2 Å². The number of hydrogen-bond acceptors (Lipinski definition) is 4. The second kappa shape index (κ2) is 14.4. The molecule has 0 aromatic heterocycles. The van der Waals surface area contributed by atoms with Gasteiger partial charge in [0.15, 0.2) is 0 Å². The Morgan fingerprint density at radius 1 is 0.951 bits per heavy atom. The van der Waals surface area contributed by atoms with Gasteiger partial charge in [0.25, 0.3) is 0 Å². The molecular formula is C30H34Cl3N3O4S. The quantitative estimate of drug-likeness (QED) is 0.253. The van der Waals surface area contributed by atoms with Crippen LogP contribution in [0.3, 0.4) is 0 Å². The predicted molar refractivity (Wildman–Crippen MR) is 167 cm³/mol. The normalized spacial score (nSPS) is 12.9. The Morgan fingerprint density at radius 2 is 1.59 bits per heavy atom. The van der Waals surface area contributed by atoms with Gasteiger partial charge in [-0.25, -0.2) is 8.42 Å². The molecule has 3 aromatic carbocycles. The second-order valence-electron chi connectivity index (χ2n) is 9.95. The largest absolute Gasteiger partial charge is 0.352 e. The molecule has 0 spiro atoms. The van der Waals surface area contributed by atoms with Crippen molar-refractivity contribution in [1.82, 2.24) is 10.2 Å². The van der Waals surface area contributed by atoms with E-state index in [0.29, 0.717) is 32.6 Å². The van der Waals surface area contributed by atoms with E-state index in [1.807, 2.05) is 44.2 Å². The van der Waals surface area contributed by atoms with Crippen LogP contribution in [0.15, 0.2) is 66.7 Å². The molecular weight excluding hydrogens is 605 g/mol. The number of carbonyl (C=O) groups excluding carboxylic acids is 2. The zero-order chi connectivity index (χ0) is 30.3. The van der Waals surface area contributed by atoms with E-state index in [0.717, 1.165) is 16.1 Å². The highest BCUT2D eigenvalue weighted by molar-refractivity contribution is 7.92. The van der Waals surface area contributed by atoms with Gasteiger partial charge >= 0.3 is 0 Å².